The summed E-state index contributed by atoms with van der Waals surface area (Å²) in [5.74, 6) is -0.419. The van der Waals surface area contributed by atoms with E-state index in [-0.39, 0.29) is 28.1 Å². The van der Waals surface area contributed by atoms with Gasteiger partial charge in [-0.15, -0.1) is 0 Å². The van der Waals surface area contributed by atoms with E-state index in [4.69, 9.17) is 16.3 Å². The Kier molecular flexibility index (Phi) is 11.6. The molecule has 0 spiro atoms. The van der Waals surface area contributed by atoms with Gasteiger partial charge in [0, 0.05) is 13.1 Å². The third kappa shape index (κ3) is 8.24. The molecule has 0 aromatic heterocycles. The first kappa shape index (κ1) is 32.0. The Morgan fingerprint density at radius 3 is 2.34 bits per heavy atom. The van der Waals surface area contributed by atoms with Crippen molar-refractivity contribution in [1.82, 2.24) is 10.2 Å². The van der Waals surface area contributed by atoms with Crippen molar-refractivity contribution in [1.29, 1.82) is 0 Å². The molecule has 0 saturated heterocycles. The van der Waals surface area contributed by atoms with Gasteiger partial charge in [0.05, 0.1) is 22.7 Å². The Bertz CT molecular complexity index is 1430. The van der Waals surface area contributed by atoms with Crippen LogP contribution in [0.15, 0.2) is 77.7 Å². The van der Waals surface area contributed by atoms with Gasteiger partial charge in [-0.3, -0.25) is 13.9 Å². The van der Waals surface area contributed by atoms with Crippen LogP contribution in [0, 0.1) is 6.92 Å². The zero-order chi connectivity index (χ0) is 30.0. The van der Waals surface area contributed by atoms with Gasteiger partial charge in [-0.05, 0) is 55.7 Å². The number of unbranched alkanes of at least 4 members (excludes halogenated alkanes) is 1. The van der Waals surface area contributed by atoms with E-state index in [0.29, 0.717) is 18.7 Å². The maximum atomic E-state index is 14.1. The average molecular weight is 600 g/mol. The number of nitrogens with zero attached hydrogens (tertiary/aromatic N) is 2. The number of methoxy groups -OCH3 is 1. The van der Waals surface area contributed by atoms with Crippen molar-refractivity contribution in [3.05, 3.63) is 88.9 Å². The van der Waals surface area contributed by atoms with Crippen LogP contribution in [0.4, 0.5) is 5.69 Å². The molecule has 0 aliphatic carbocycles. The van der Waals surface area contributed by atoms with Gasteiger partial charge >= 0.3 is 0 Å². The molecule has 0 bridgehead atoms. The van der Waals surface area contributed by atoms with E-state index < -0.39 is 28.5 Å². The molecule has 8 nitrogen and oxygen atoms in total. The van der Waals surface area contributed by atoms with Gasteiger partial charge in [0.25, 0.3) is 10.0 Å². The lowest BCUT2D eigenvalue weighted by Gasteiger charge is -2.33. The Hall–Kier alpha value is -3.56. The lowest BCUT2D eigenvalue weighted by molar-refractivity contribution is -0.140. The monoisotopic (exact) mass is 599 g/mol. The molecule has 3 aromatic carbocycles. The van der Waals surface area contributed by atoms with Crippen molar-refractivity contribution in [3.63, 3.8) is 0 Å². The molecule has 1 atom stereocenters. The van der Waals surface area contributed by atoms with E-state index in [1.54, 1.807) is 24.3 Å². The van der Waals surface area contributed by atoms with Gasteiger partial charge < -0.3 is 15.0 Å². The molecule has 1 N–H and O–H groups in total. The third-order valence-electron chi connectivity index (χ3n) is 6.68. The van der Waals surface area contributed by atoms with E-state index in [0.717, 1.165) is 28.3 Å². The standard InChI is InChI=1S/C31H38ClN3O5S/c1-5-7-18-33-31(37)28(6-2)34(21-24-13-11-12-23(3)19-24)30(36)22-35(25-16-17-29(40-4)27(32)20-25)41(38,39)26-14-9-8-10-15-26/h8-17,19-20,28H,5-7,18,21-22H2,1-4H3,(H,33,37). The first-order valence-corrected chi connectivity index (χ1v) is 15.5. The summed E-state index contributed by atoms with van der Waals surface area (Å²) in [7, 11) is -2.72. The summed E-state index contributed by atoms with van der Waals surface area (Å²) in [6.07, 6.45) is 2.09. The van der Waals surface area contributed by atoms with Crippen molar-refractivity contribution in [2.75, 3.05) is 24.5 Å². The summed E-state index contributed by atoms with van der Waals surface area (Å²) < 4.78 is 34.1. The number of benzene rings is 3. The van der Waals surface area contributed by atoms with Crippen LogP contribution in [0.5, 0.6) is 5.75 Å². The minimum absolute atomic E-state index is 0.0225. The highest BCUT2D eigenvalue weighted by Crippen LogP contribution is 2.32. The molecule has 1 unspecified atom stereocenters. The number of hydrogen-bond acceptors (Lipinski definition) is 5. The molecule has 0 radical (unpaired) electrons. The van der Waals surface area contributed by atoms with E-state index >= 15 is 0 Å². The Morgan fingerprint density at radius 1 is 1.00 bits per heavy atom. The van der Waals surface area contributed by atoms with Crippen LogP contribution in [0.2, 0.25) is 5.02 Å². The second-order valence-electron chi connectivity index (χ2n) is 9.72. The predicted molar refractivity (Wildman–Crippen MR) is 163 cm³/mol. The maximum Gasteiger partial charge on any atom is 0.264 e. The summed E-state index contributed by atoms with van der Waals surface area (Å²) in [6, 6.07) is 19.3. The van der Waals surface area contributed by atoms with Gasteiger partial charge in [-0.2, -0.15) is 0 Å². The molecule has 41 heavy (non-hydrogen) atoms. The Morgan fingerprint density at radius 2 is 1.73 bits per heavy atom. The van der Waals surface area contributed by atoms with Crippen LogP contribution in [0.1, 0.15) is 44.2 Å². The van der Waals surface area contributed by atoms with Crippen molar-refractivity contribution >= 4 is 39.1 Å². The molecule has 2 amide bonds. The number of nitrogens with one attached hydrogen (secondary N) is 1. The summed E-state index contributed by atoms with van der Waals surface area (Å²) in [6.45, 7) is 5.92. The number of anilines is 1. The fourth-order valence-corrected chi connectivity index (χ4v) is 6.17. The van der Waals surface area contributed by atoms with Crippen LogP contribution in [-0.4, -0.2) is 51.4 Å². The zero-order valence-electron chi connectivity index (χ0n) is 24.0. The molecule has 3 aromatic rings. The topological polar surface area (TPSA) is 96.0 Å². The molecular weight excluding hydrogens is 562 g/mol. The second-order valence-corrected chi connectivity index (χ2v) is 12.0. The largest absolute Gasteiger partial charge is 0.495 e. The van der Waals surface area contributed by atoms with Crippen LogP contribution < -0.4 is 14.4 Å². The lowest BCUT2D eigenvalue weighted by atomic mass is 10.1. The molecule has 0 saturated carbocycles. The number of halogens is 1. The number of hydrogen-bond donors (Lipinski definition) is 1. The molecular formula is C31H38ClN3O5S. The number of amides is 2. The summed E-state index contributed by atoms with van der Waals surface area (Å²) in [5, 5.41) is 3.13. The van der Waals surface area contributed by atoms with Gasteiger partial charge in [0.1, 0.15) is 18.3 Å². The summed E-state index contributed by atoms with van der Waals surface area (Å²) in [4.78, 5) is 28.9. The highest BCUT2D eigenvalue weighted by atomic mass is 35.5. The van der Waals surface area contributed by atoms with Gasteiger partial charge in [0.15, 0.2) is 0 Å². The maximum absolute atomic E-state index is 14.1. The lowest BCUT2D eigenvalue weighted by Crippen LogP contribution is -2.52. The third-order valence-corrected chi connectivity index (χ3v) is 8.77. The van der Waals surface area contributed by atoms with Gasteiger partial charge in [0.2, 0.25) is 11.8 Å². The van der Waals surface area contributed by atoms with E-state index in [2.05, 4.69) is 5.32 Å². The van der Waals surface area contributed by atoms with Crippen molar-refractivity contribution in [2.45, 2.75) is 57.5 Å². The normalized spacial score (nSPS) is 11.9. The molecule has 0 fully saturated rings. The highest BCUT2D eigenvalue weighted by molar-refractivity contribution is 7.92. The first-order valence-electron chi connectivity index (χ1n) is 13.7. The molecule has 10 heteroatoms. The van der Waals surface area contributed by atoms with E-state index in [1.807, 2.05) is 45.0 Å². The van der Waals surface area contributed by atoms with E-state index in [9.17, 15) is 18.0 Å². The van der Waals surface area contributed by atoms with Crippen LogP contribution >= 0.6 is 11.6 Å². The number of carbonyl (C=O) groups excluding carboxylic acids is 2. The molecule has 0 aliphatic rings. The number of ether oxygens (including phenoxy) is 1. The Balaban J connectivity index is 2.06. The van der Waals surface area contributed by atoms with E-state index in [1.165, 1.54) is 36.3 Å². The SMILES string of the molecule is CCCCNC(=O)C(CC)N(Cc1cccc(C)c1)C(=O)CN(c1ccc(OC)c(Cl)c1)S(=O)(=O)c1ccccc1. The number of sulfonamides is 1. The minimum atomic E-state index is -4.18. The predicted octanol–water partition coefficient (Wildman–Crippen LogP) is 5.58. The summed E-state index contributed by atoms with van der Waals surface area (Å²) >= 11 is 6.37. The highest BCUT2D eigenvalue weighted by Gasteiger charge is 2.33. The summed E-state index contributed by atoms with van der Waals surface area (Å²) in [5.41, 5.74) is 2.04. The minimum Gasteiger partial charge on any atom is -0.495 e. The van der Waals surface area contributed by atoms with Crippen LogP contribution in [0.25, 0.3) is 0 Å². The average Bonchev–Trinajstić information content (AvgIpc) is 2.96. The number of rotatable bonds is 14. The number of aryl methyl sites for hydroxylation is 1. The second kappa shape index (κ2) is 14.9. The van der Waals surface area contributed by atoms with Crippen molar-refractivity contribution < 1.29 is 22.7 Å². The smallest absolute Gasteiger partial charge is 0.264 e. The Labute approximate surface area is 248 Å². The fraction of sp³-hybridized carbons (Fsp3) is 0.355. The molecule has 220 valence electrons. The zero-order valence-corrected chi connectivity index (χ0v) is 25.5. The molecule has 0 heterocycles. The van der Waals surface area contributed by atoms with Crippen LogP contribution in [0.3, 0.4) is 0 Å². The molecule has 3 rings (SSSR count). The van der Waals surface area contributed by atoms with Crippen molar-refractivity contribution in [3.8, 4) is 5.75 Å². The van der Waals surface area contributed by atoms with Crippen LogP contribution in [-0.2, 0) is 26.2 Å². The van der Waals surface area contributed by atoms with Gasteiger partial charge in [-0.1, -0.05) is 79.9 Å². The molecule has 0 aliphatic heterocycles. The van der Waals surface area contributed by atoms with Crippen molar-refractivity contribution in [2.24, 2.45) is 0 Å². The fourth-order valence-electron chi connectivity index (χ4n) is 4.49. The quantitative estimate of drug-likeness (QED) is 0.244. The number of carbonyl (C=O) groups is 2. The first-order chi connectivity index (χ1) is 19.6. The van der Waals surface area contributed by atoms with Gasteiger partial charge in [-0.25, -0.2) is 8.42 Å².